The van der Waals surface area contributed by atoms with Gasteiger partial charge >= 0.3 is 11.4 Å². The normalized spacial score (nSPS) is 10.2. The number of alkyl halides is 2. The van der Waals surface area contributed by atoms with Crippen LogP contribution in [-0.2, 0) is 4.79 Å². The van der Waals surface area contributed by atoms with Crippen LogP contribution in [0.25, 0.3) is 0 Å². The third kappa shape index (κ3) is 9.82. The van der Waals surface area contributed by atoms with Gasteiger partial charge in [-0.1, -0.05) is 0 Å². The fraction of sp³-hybridized carbons (Fsp3) is 0.500. The standard InChI is InChI=1S/C8H16Cl2N2O.C6H3N3O7/c9-3-1-2-5-12(6-4-10)7-8(11)13;10-6-4(8(13)14)1-3(7(11)12)2-5(6)9(15)16/h1-7H2,(H2,11,13);1-2,10H. The maximum atomic E-state index is 10.6. The van der Waals surface area contributed by atoms with Gasteiger partial charge in [-0.05, 0) is 19.4 Å². The summed E-state index contributed by atoms with van der Waals surface area (Å²) in [6.45, 7) is 1.82. The SMILES string of the molecule is NC(=O)CN(CCCl)CCCCCl.O=[N+]([O-])c1cc([N+](=O)[O-])c(O)c([N+](=O)[O-])c1. The molecule has 0 bridgehead atoms. The minimum absolute atomic E-state index is 0.287. The van der Waals surface area contributed by atoms with E-state index in [4.69, 9.17) is 34.0 Å². The molecule has 13 nitrogen and oxygen atoms in total. The molecule has 0 aromatic heterocycles. The van der Waals surface area contributed by atoms with Crippen LogP contribution >= 0.6 is 23.2 Å². The number of halogens is 2. The Morgan fingerprint density at radius 3 is 1.83 bits per heavy atom. The van der Waals surface area contributed by atoms with Crippen LogP contribution in [0.2, 0.25) is 0 Å². The number of hydrogen-bond acceptors (Lipinski definition) is 9. The van der Waals surface area contributed by atoms with E-state index in [1.54, 1.807) is 0 Å². The molecule has 3 N–H and O–H groups in total. The van der Waals surface area contributed by atoms with E-state index in [2.05, 4.69) is 0 Å². The van der Waals surface area contributed by atoms with Crippen LogP contribution < -0.4 is 5.73 Å². The number of phenolic OH excluding ortho intramolecular Hbond substituents is 1. The summed E-state index contributed by atoms with van der Waals surface area (Å²) < 4.78 is 0. The molecule has 29 heavy (non-hydrogen) atoms. The van der Waals surface area contributed by atoms with Gasteiger partial charge in [-0.15, -0.1) is 23.2 Å². The number of nitro groups is 3. The molecule has 0 spiro atoms. The average Bonchev–Trinajstić information content (AvgIpc) is 2.61. The van der Waals surface area contributed by atoms with Gasteiger partial charge in [0.05, 0.1) is 33.4 Å². The number of nitro benzene ring substituents is 3. The molecule has 1 amide bonds. The predicted molar refractivity (Wildman–Crippen MR) is 104 cm³/mol. The number of rotatable bonds is 11. The molecule has 0 aliphatic carbocycles. The van der Waals surface area contributed by atoms with Crippen molar-refractivity contribution >= 4 is 46.2 Å². The van der Waals surface area contributed by atoms with Crippen LogP contribution in [0.5, 0.6) is 5.75 Å². The molecule has 162 valence electrons. The topological polar surface area (TPSA) is 196 Å². The first-order chi connectivity index (χ1) is 13.5. The Balaban J connectivity index is 0.000000555. The molecule has 0 radical (unpaired) electrons. The lowest BCUT2D eigenvalue weighted by Crippen LogP contribution is -2.35. The molecule has 0 aliphatic heterocycles. The van der Waals surface area contributed by atoms with Gasteiger partial charge in [-0.2, -0.15) is 0 Å². The summed E-state index contributed by atoms with van der Waals surface area (Å²) in [6, 6.07) is 0.894. The van der Waals surface area contributed by atoms with Crippen molar-refractivity contribution in [2.45, 2.75) is 12.8 Å². The van der Waals surface area contributed by atoms with Gasteiger partial charge in [-0.3, -0.25) is 40.0 Å². The van der Waals surface area contributed by atoms with Crippen LogP contribution in [0.15, 0.2) is 12.1 Å². The van der Waals surface area contributed by atoms with Crippen molar-refractivity contribution in [2.24, 2.45) is 5.73 Å². The summed E-state index contributed by atoms with van der Waals surface area (Å²) in [5.41, 5.74) is 2.08. The Labute approximate surface area is 174 Å². The number of hydrogen-bond donors (Lipinski definition) is 2. The van der Waals surface area contributed by atoms with Gasteiger partial charge < -0.3 is 10.8 Å². The first-order valence-corrected chi connectivity index (χ1v) is 9.04. The summed E-state index contributed by atoms with van der Waals surface area (Å²) in [6.07, 6.45) is 1.94. The molecule has 0 fully saturated rings. The lowest BCUT2D eigenvalue weighted by atomic mass is 10.2. The first-order valence-electron chi connectivity index (χ1n) is 7.97. The Bertz CT molecular complexity index is 714. The molecule has 1 aromatic rings. The monoisotopic (exact) mass is 455 g/mol. The Morgan fingerprint density at radius 2 is 1.48 bits per heavy atom. The van der Waals surface area contributed by atoms with Crippen LogP contribution in [0, 0.1) is 30.3 Å². The maximum Gasteiger partial charge on any atom is 0.324 e. The van der Waals surface area contributed by atoms with Crippen molar-refractivity contribution in [1.82, 2.24) is 4.90 Å². The fourth-order valence-corrected chi connectivity index (χ4v) is 2.44. The van der Waals surface area contributed by atoms with Crippen molar-refractivity contribution in [1.29, 1.82) is 0 Å². The second kappa shape index (κ2) is 13.4. The molecule has 1 aromatic carbocycles. The molecular weight excluding hydrogens is 437 g/mol. The molecule has 0 saturated carbocycles. The minimum Gasteiger partial charge on any atom is -0.497 e. The highest BCUT2D eigenvalue weighted by atomic mass is 35.5. The number of amides is 1. The van der Waals surface area contributed by atoms with E-state index in [-0.39, 0.29) is 12.5 Å². The molecule has 0 saturated heterocycles. The quantitative estimate of drug-likeness (QED) is 0.217. The molecule has 0 atom stereocenters. The third-order valence-corrected chi connectivity index (χ3v) is 3.73. The smallest absolute Gasteiger partial charge is 0.324 e. The van der Waals surface area contributed by atoms with Gasteiger partial charge in [0.15, 0.2) is 0 Å². The van der Waals surface area contributed by atoms with E-state index in [1.165, 1.54) is 0 Å². The second-order valence-electron chi connectivity index (χ2n) is 5.43. The molecule has 0 heterocycles. The number of non-ortho nitro benzene ring substituents is 1. The summed E-state index contributed by atoms with van der Waals surface area (Å²) in [5, 5.41) is 40.2. The predicted octanol–water partition coefficient (Wildman–Crippen LogP) is 2.15. The second-order valence-corrected chi connectivity index (χ2v) is 6.19. The van der Waals surface area contributed by atoms with E-state index in [9.17, 15) is 35.1 Å². The van der Waals surface area contributed by atoms with E-state index < -0.39 is 37.6 Å². The molecular formula is C14H19Cl2N5O8. The van der Waals surface area contributed by atoms with Crippen LogP contribution in [0.4, 0.5) is 17.1 Å². The van der Waals surface area contributed by atoms with Crippen molar-refractivity contribution in [3.05, 3.63) is 42.5 Å². The van der Waals surface area contributed by atoms with E-state index in [0.29, 0.717) is 30.4 Å². The van der Waals surface area contributed by atoms with Gasteiger partial charge in [0.2, 0.25) is 5.91 Å². The van der Waals surface area contributed by atoms with Crippen LogP contribution in [-0.4, -0.2) is 62.1 Å². The number of nitrogens with two attached hydrogens (primary N) is 1. The number of aromatic hydroxyl groups is 1. The lowest BCUT2D eigenvalue weighted by molar-refractivity contribution is -0.404. The van der Waals surface area contributed by atoms with Gasteiger partial charge in [0, 0.05) is 18.3 Å². The van der Waals surface area contributed by atoms with E-state index in [0.717, 1.165) is 19.4 Å². The molecule has 0 aliphatic rings. The van der Waals surface area contributed by atoms with Crippen molar-refractivity contribution in [3.63, 3.8) is 0 Å². The zero-order chi connectivity index (χ0) is 22.6. The number of phenols is 1. The summed E-state index contributed by atoms with van der Waals surface area (Å²) >= 11 is 11.1. The number of carbonyl (C=O) groups excluding carboxylic acids is 1. The number of nitrogens with zero attached hydrogens (tertiary/aromatic N) is 4. The molecule has 0 unspecified atom stereocenters. The van der Waals surface area contributed by atoms with Crippen molar-refractivity contribution in [2.75, 3.05) is 31.4 Å². The number of unbranched alkanes of at least 4 members (excludes halogenated alkanes) is 1. The first kappa shape index (κ1) is 26.2. The zero-order valence-corrected chi connectivity index (χ0v) is 16.5. The Hall–Kier alpha value is -2.77. The Kier molecular flexibility index (Phi) is 12.1. The van der Waals surface area contributed by atoms with Gasteiger partial charge in [0.1, 0.15) is 0 Å². The number of primary amides is 1. The van der Waals surface area contributed by atoms with Gasteiger partial charge in [0.25, 0.3) is 11.4 Å². The minimum atomic E-state index is -1.21. The van der Waals surface area contributed by atoms with Gasteiger partial charge in [-0.25, -0.2) is 0 Å². The maximum absolute atomic E-state index is 10.6. The van der Waals surface area contributed by atoms with Crippen molar-refractivity contribution < 1.29 is 24.7 Å². The summed E-state index contributed by atoms with van der Waals surface area (Å²) in [4.78, 5) is 40.3. The van der Waals surface area contributed by atoms with Crippen LogP contribution in [0.3, 0.4) is 0 Å². The van der Waals surface area contributed by atoms with E-state index in [1.807, 2.05) is 4.90 Å². The Morgan fingerprint density at radius 1 is 0.966 bits per heavy atom. The van der Waals surface area contributed by atoms with Crippen molar-refractivity contribution in [3.8, 4) is 5.75 Å². The highest BCUT2D eigenvalue weighted by Gasteiger charge is 2.30. The molecule has 15 heteroatoms. The lowest BCUT2D eigenvalue weighted by Gasteiger charge is -2.18. The molecule has 1 rings (SSSR count). The third-order valence-electron chi connectivity index (χ3n) is 3.30. The fourth-order valence-electron chi connectivity index (χ4n) is 2.01. The summed E-state index contributed by atoms with van der Waals surface area (Å²) in [5.74, 6) is -0.337. The highest BCUT2D eigenvalue weighted by molar-refractivity contribution is 6.18. The average molecular weight is 456 g/mol. The number of carbonyl (C=O) groups is 1. The zero-order valence-electron chi connectivity index (χ0n) is 15.0. The number of benzene rings is 1. The largest absolute Gasteiger partial charge is 0.497 e. The van der Waals surface area contributed by atoms with Crippen LogP contribution in [0.1, 0.15) is 12.8 Å². The summed E-state index contributed by atoms with van der Waals surface area (Å²) in [7, 11) is 0. The highest BCUT2D eigenvalue weighted by Crippen LogP contribution is 2.38. The van der Waals surface area contributed by atoms with E-state index >= 15 is 0 Å².